The number of sulfonamides is 1. The van der Waals surface area contributed by atoms with Crippen molar-refractivity contribution in [3.05, 3.63) is 23.8 Å². The number of ether oxygens (including phenoxy) is 2. The molecule has 0 radical (unpaired) electrons. The maximum Gasteiger partial charge on any atom is 0.241 e. The number of nitrogens with zero attached hydrogens (tertiary/aromatic N) is 1. The van der Waals surface area contributed by atoms with Crippen LogP contribution in [0.1, 0.15) is 5.56 Å². The van der Waals surface area contributed by atoms with Crippen LogP contribution in [0.15, 0.2) is 23.1 Å². The third-order valence-electron chi connectivity index (χ3n) is 2.80. The summed E-state index contributed by atoms with van der Waals surface area (Å²) in [5.41, 5.74) is 5.88. The molecule has 7 nitrogen and oxygen atoms in total. The van der Waals surface area contributed by atoms with Gasteiger partial charge in [-0.05, 0) is 18.2 Å². The summed E-state index contributed by atoms with van der Waals surface area (Å²) in [6.07, 6.45) is -0.321. The van der Waals surface area contributed by atoms with Gasteiger partial charge in [-0.25, -0.2) is 13.1 Å². The molecule has 8 heteroatoms. The van der Waals surface area contributed by atoms with Crippen LogP contribution in [0, 0.1) is 11.3 Å². The molecule has 3 N–H and O–H groups in total. The molecule has 2 rings (SSSR count). The molecular weight excluding hydrogens is 282 g/mol. The average Bonchev–Trinajstić information content (AvgIpc) is 2.46. The summed E-state index contributed by atoms with van der Waals surface area (Å²) >= 11 is 0. The van der Waals surface area contributed by atoms with Crippen LogP contribution in [0.4, 0.5) is 5.69 Å². The average molecular weight is 297 g/mol. The van der Waals surface area contributed by atoms with E-state index >= 15 is 0 Å². The van der Waals surface area contributed by atoms with Crippen molar-refractivity contribution in [2.24, 2.45) is 0 Å². The number of hydrogen-bond donors (Lipinski definition) is 2. The maximum atomic E-state index is 12.2. The summed E-state index contributed by atoms with van der Waals surface area (Å²) in [6, 6.07) is 5.91. The van der Waals surface area contributed by atoms with Crippen LogP contribution in [0.3, 0.4) is 0 Å². The molecule has 0 saturated carbocycles. The summed E-state index contributed by atoms with van der Waals surface area (Å²) in [7, 11) is -3.78. The van der Waals surface area contributed by atoms with Gasteiger partial charge in [0.1, 0.15) is 6.07 Å². The van der Waals surface area contributed by atoms with E-state index in [1.807, 2.05) is 6.07 Å². The number of nitriles is 1. The monoisotopic (exact) mass is 297 g/mol. The van der Waals surface area contributed by atoms with Gasteiger partial charge in [0, 0.05) is 12.2 Å². The van der Waals surface area contributed by atoms with Crippen LogP contribution >= 0.6 is 0 Å². The zero-order valence-corrected chi connectivity index (χ0v) is 11.5. The van der Waals surface area contributed by atoms with Gasteiger partial charge < -0.3 is 15.2 Å². The van der Waals surface area contributed by atoms with E-state index in [0.29, 0.717) is 25.5 Å². The second-order valence-corrected chi connectivity index (χ2v) is 6.02. The molecule has 1 unspecified atom stereocenters. The van der Waals surface area contributed by atoms with Crippen molar-refractivity contribution in [2.45, 2.75) is 11.0 Å². The maximum absolute atomic E-state index is 12.2. The lowest BCUT2D eigenvalue weighted by molar-refractivity contribution is -0.0846. The van der Waals surface area contributed by atoms with Crippen molar-refractivity contribution in [2.75, 3.05) is 32.1 Å². The highest BCUT2D eigenvalue weighted by atomic mass is 32.2. The lowest BCUT2D eigenvalue weighted by atomic mass is 10.2. The molecule has 0 aliphatic carbocycles. The SMILES string of the molecule is N#Cc1cc(N)ccc1S(=O)(=O)NCC1COCCO1. The molecule has 0 amide bonds. The molecule has 1 fully saturated rings. The smallest absolute Gasteiger partial charge is 0.241 e. The van der Waals surface area contributed by atoms with Gasteiger partial charge in [0.2, 0.25) is 10.0 Å². The summed E-state index contributed by atoms with van der Waals surface area (Å²) in [6.45, 7) is 1.39. The molecule has 1 aliphatic rings. The van der Waals surface area contributed by atoms with Crippen molar-refractivity contribution in [3.8, 4) is 6.07 Å². The van der Waals surface area contributed by atoms with Gasteiger partial charge in [0.05, 0.1) is 36.4 Å². The largest absolute Gasteiger partial charge is 0.399 e. The highest BCUT2D eigenvalue weighted by Crippen LogP contribution is 2.18. The molecule has 0 spiro atoms. The van der Waals surface area contributed by atoms with E-state index in [4.69, 9.17) is 20.5 Å². The summed E-state index contributed by atoms with van der Waals surface area (Å²) in [5, 5.41) is 8.98. The number of benzene rings is 1. The van der Waals surface area contributed by atoms with E-state index < -0.39 is 10.0 Å². The van der Waals surface area contributed by atoms with Crippen LogP contribution in [0.2, 0.25) is 0 Å². The van der Waals surface area contributed by atoms with Crippen molar-refractivity contribution in [1.29, 1.82) is 5.26 Å². The summed E-state index contributed by atoms with van der Waals surface area (Å²) < 4.78 is 37.3. The van der Waals surface area contributed by atoms with Crippen molar-refractivity contribution >= 4 is 15.7 Å². The Morgan fingerprint density at radius 3 is 2.90 bits per heavy atom. The van der Waals surface area contributed by atoms with Gasteiger partial charge in [0.25, 0.3) is 0 Å². The number of rotatable bonds is 4. The normalized spacial score (nSPS) is 19.4. The van der Waals surface area contributed by atoms with Gasteiger partial charge in [-0.2, -0.15) is 5.26 Å². The highest BCUT2D eigenvalue weighted by Gasteiger charge is 2.22. The Labute approximate surface area is 117 Å². The minimum atomic E-state index is -3.78. The van der Waals surface area contributed by atoms with E-state index in [0.717, 1.165) is 0 Å². The Kier molecular flexibility index (Phi) is 4.57. The first-order valence-corrected chi connectivity index (χ1v) is 7.50. The second-order valence-electron chi connectivity index (χ2n) is 4.29. The number of nitrogens with two attached hydrogens (primary N) is 1. The summed E-state index contributed by atoms with van der Waals surface area (Å²) in [5.74, 6) is 0. The van der Waals surface area contributed by atoms with Gasteiger partial charge in [-0.1, -0.05) is 0 Å². The molecule has 108 valence electrons. The van der Waals surface area contributed by atoms with E-state index in [1.165, 1.54) is 18.2 Å². The number of anilines is 1. The van der Waals surface area contributed by atoms with Gasteiger partial charge in [0.15, 0.2) is 0 Å². The predicted octanol–water partition coefficient (Wildman–Crippen LogP) is -0.166. The fourth-order valence-corrected chi connectivity index (χ4v) is 3.01. The van der Waals surface area contributed by atoms with Gasteiger partial charge in [-0.3, -0.25) is 0 Å². The zero-order valence-electron chi connectivity index (χ0n) is 10.7. The lowest BCUT2D eigenvalue weighted by Gasteiger charge is -2.23. The van der Waals surface area contributed by atoms with Crippen molar-refractivity contribution in [3.63, 3.8) is 0 Å². The van der Waals surface area contributed by atoms with Crippen LogP contribution in [-0.4, -0.2) is 40.9 Å². The topological polar surface area (TPSA) is 114 Å². The molecule has 1 aromatic rings. The Morgan fingerprint density at radius 2 is 2.25 bits per heavy atom. The molecule has 1 atom stereocenters. The molecule has 1 aromatic carbocycles. The quantitative estimate of drug-likeness (QED) is 0.746. The molecule has 0 bridgehead atoms. The van der Waals surface area contributed by atoms with Crippen LogP contribution < -0.4 is 10.5 Å². The lowest BCUT2D eigenvalue weighted by Crippen LogP contribution is -2.39. The molecule has 1 aliphatic heterocycles. The predicted molar refractivity (Wildman–Crippen MR) is 71.3 cm³/mol. The second kappa shape index (κ2) is 6.19. The Hall–Kier alpha value is -1.66. The van der Waals surface area contributed by atoms with E-state index in [-0.39, 0.29) is 23.1 Å². The van der Waals surface area contributed by atoms with Crippen LogP contribution in [-0.2, 0) is 19.5 Å². The fraction of sp³-hybridized carbons (Fsp3) is 0.417. The minimum absolute atomic E-state index is 0.0123. The number of nitrogen functional groups attached to an aromatic ring is 1. The molecule has 1 saturated heterocycles. The Morgan fingerprint density at radius 1 is 1.45 bits per heavy atom. The first-order valence-electron chi connectivity index (χ1n) is 6.01. The standard InChI is InChI=1S/C12H15N3O4S/c13-6-9-5-10(14)1-2-12(9)20(16,17)15-7-11-8-18-3-4-19-11/h1-2,5,11,15H,3-4,7-8,14H2. The molecular formula is C12H15N3O4S. The van der Waals surface area contributed by atoms with Crippen molar-refractivity contribution in [1.82, 2.24) is 4.72 Å². The third kappa shape index (κ3) is 3.46. The Bertz CT molecular complexity index is 618. The van der Waals surface area contributed by atoms with Crippen LogP contribution in [0.25, 0.3) is 0 Å². The zero-order chi connectivity index (χ0) is 14.6. The Balaban J connectivity index is 2.12. The minimum Gasteiger partial charge on any atom is -0.399 e. The first kappa shape index (κ1) is 14.7. The molecule has 20 heavy (non-hydrogen) atoms. The summed E-state index contributed by atoms with van der Waals surface area (Å²) in [4.78, 5) is -0.0917. The fourth-order valence-electron chi connectivity index (χ4n) is 1.80. The molecule has 1 heterocycles. The highest BCUT2D eigenvalue weighted by molar-refractivity contribution is 7.89. The van der Waals surface area contributed by atoms with Gasteiger partial charge in [-0.15, -0.1) is 0 Å². The van der Waals surface area contributed by atoms with Gasteiger partial charge >= 0.3 is 0 Å². The third-order valence-corrected chi connectivity index (χ3v) is 4.28. The number of nitrogens with one attached hydrogen (secondary N) is 1. The first-order chi connectivity index (χ1) is 9.53. The van der Waals surface area contributed by atoms with E-state index in [1.54, 1.807) is 0 Å². The van der Waals surface area contributed by atoms with E-state index in [2.05, 4.69) is 4.72 Å². The van der Waals surface area contributed by atoms with E-state index in [9.17, 15) is 8.42 Å². The van der Waals surface area contributed by atoms with Crippen molar-refractivity contribution < 1.29 is 17.9 Å². The number of hydrogen-bond acceptors (Lipinski definition) is 6. The van der Waals surface area contributed by atoms with Crippen LogP contribution in [0.5, 0.6) is 0 Å². The molecule has 0 aromatic heterocycles.